The van der Waals surface area contributed by atoms with E-state index in [2.05, 4.69) is 15.5 Å². The summed E-state index contributed by atoms with van der Waals surface area (Å²) in [5.41, 5.74) is 3.05. The van der Waals surface area contributed by atoms with Crippen molar-refractivity contribution in [3.8, 4) is 0 Å². The summed E-state index contributed by atoms with van der Waals surface area (Å²) in [5, 5.41) is 11.6. The van der Waals surface area contributed by atoms with Gasteiger partial charge in [0.2, 0.25) is 0 Å². The summed E-state index contributed by atoms with van der Waals surface area (Å²) in [6.45, 7) is 9.46. The van der Waals surface area contributed by atoms with Crippen LogP contribution in [0.2, 0.25) is 0 Å². The lowest BCUT2D eigenvalue weighted by molar-refractivity contribution is 0.152. The van der Waals surface area contributed by atoms with Crippen LogP contribution in [0, 0.1) is 13.8 Å². The van der Waals surface area contributed by atoms with E-state index in [0.717, 1.165) is 17.0 Å². The summed E-state index contributed by atoms with van der Waals surface area (Å²) in [6.07, 6.45) is 1.69. The molecule has 0 aliphatic heterocycles. The lowest BCUT2D eigenvalue weighted by Gasteiger charge is -2.23. The Morgan fingerprint density at radius 3 is 2.68 bits per heavy atom. The largest absolute Gasteiger partial charge is 0.383 e. The van der Waals surface area contributed by atoms with Crippen LogP contribution in [-0.2, 0) is 18.3 Å². The van der Waals surface area contributed by atoms with E-state index < -0.39 is 0 Å². The number of hydrogen-bond acceptors (Lipinski definition) is 4. The second kappa shape index (κ2) is 8.15. The number of anilines is 1. The third-order valence-electron chi connectivity index (χ3n) is 4.25. The van der Waals surface area contributed by atoms with Gasteiger partial charge in [0.25, 0.3) is 0 Å². The van der Waals surface area contributed by atoms with Gasteiger partial charge in [-0.25, -0.2) is 9.48 Å². The van der Waals surface area contributed by atoms with Gasteiger partial charge >= 0.3 is 6.03 Å². The van der Waals surface area contributed by atoms with Gasteiger partial charge in [-0.3, -0.25) is 10.00 Å². The van der Waals surface area contributed by atoms with Crippen molar-refractivity contribution < 1.29 is 9.53 Å². The number of nitrogens with zero attached hydrogens (tertiary/aromatic N) is 5. The maximum atomic E-state index is 12.8. The van der Waals surface area contributed by atoms with Crippen LogP contribution in [0.5, 0.6) is 0 Å². The van der Waals surface area contributed by atoms with Crippen LogP contribution in [0.1, 0.15) is 36.8 Å². The third kappa shape index (κ3) is 4.39. The van der Waals surface area contributed by atoms with E-state index >= 15 is 0 Å². The fourth-order valence-corrected chi connectivity index (χ4v) is 2.70. The summed E-state index contributed by atoms with van der Waals surface area (Å²) in [5.74, 6) is 0.682. The molecule has 2 aromatic heterocycles. The number of carbonyl (C=O) groups excluding carboxylic acids is 1. The lowest BCUT2D eigenvalue weighted by Crippen LogP contribution is -2.37. The van der Waals surface area contributed by atoms with Gasteiger partial charge < -0.3 is 9.64 Å². The molecule has 0 aromatic carbocycles. The molecule has 2 amide bonds. The Morgan fingerprint density at radius 1 is 1.40 bits per heavy atom. The first-order chi connectivity index (χ1) is 11.8. The molecule has 0 aliphatic rings. The number of aromatic nitrogens is 4. The minimum absolute atomic E-state index is 0.167. The van der Waals surface area contributed by atoms with Crippen molar-refractivity contribution in [3.63, 3.8) is 0 Å². The van der Waals surface area contributed by atoms with E-state index in [9.17, 15) is 4.79 Å². The summed E-state index contributed by atoms with van der Waals surface area (Å²) in [4.78, 5) is 14.6. The Hall–Kier alpha value is -2.35. The van der Waals surface area contributed by atoms with E-state index in [-0.39, 0.29) is 12.1 Å². The number of amides is 2. The molecule has 2 aromatic rings. The molecule has 2 rings (SSSR count). The topological polar surface area (TPSA) is 77.2 Å². The number of carbonyl (C=O) groups is 1. The molecule has 0 unspecified atom stereocenters. The molecular formula is C17H28N6O2. The zero-order valence-electron chi connectivity index (χ0n) is 15.9. The first-order valence-corrected chi connectivity index (χ1v) is 8.42. The van der Waals surface area contributed by atoms with Crippen LogP contribution in [0.15, 0.2) is 12.3 Å². The highest BCUT2D eigenvalue weighted by Gasteiger charge is 2.20. The van der Waals surface area contributed by atoms with Gasteiger partial charge in [0.1, 0.15) is 5.82 Å². The highest BCUT2D eigenvalue weighted by atomic mass is 16.5. The van der Waals surface area contributed by atoms with Gasteiger partial charge in [0.05, 0.1) is 25.0 Å². The summed E-state index contributed by atoms with van der Waals surface area (Å²) in [7, 11) is 3.54. The first kappa shape index (κ1) is 19.0. The number of aryl methyl sites for hydroxylation is 2. The van der Waals surface area contributed by atoms with E-state index in [1.807, 2.05) is 39.4 Å². The van der Waals surface area contributed by atoms with Crippen molar-refractivity contribution in [1.29, 1.82) is 0 Å². The molecular weight excluding hydrogens is 320 g/mol. The van der Waals surface area contributed by atoms with Crippen molar-refractivity contribution in [1.82, 2.24) is 24.5 Å². The molecule has 8 nitrogen and oxygen atoms in total. The first-order valence-electron chi connectivity index (χ1n) is 8.42. The Balaban J connectivity index is 2.18. The van der Waals surface area contributed by atoms with Crippen LogP contribution < -0.4 is 5.32 Å². The van der Waals surface area contributed by atoms with Gasteiger partial charge in [0.15, 0.2) is 0 Å². The van der Waals surface area contributed by atoms with E-state index in [0.29, 0.717) is 25.5 Å². The Morgan fingerprint density at radius 2 is 2.12 bits per heavy atom. The zero-order chi connectivity index (χ0) is 18.6. The van der Waals surface area contributed by atoms with Crippen LogP contribution in [0.4, 0.5) is 10.6 Å². The summed E-state index contributed by atoms with van der Waals surface area (Å²) < 4.78 is 8.79. The minimum Gasteiger partial charge on any atom is -0.383 e. The normalized spacial score (nSPS) is 11.2. The number of methoxy groups -OCH3 is 1. The van der Waals surface area contributed by atoms with Crippen molar-refractivity contribution in [3.05, 3.63) is 29.2 Å². The lowest BCUT2D eigenvalue weighted by atomic mass is 10.2. The van der Waals surface area contributed by atoms with Crippen LogP contribution >= 0.6 is 0 Å². The number of nitrogens with one attached hydrogen (secondary N) is 1. The average Bonchev–Trinajstić information content (AvgIpc) is 3.10. The number of urea groups is 1. The number of hydrogen-bond donors (Lipinski definition) is 1. The highest BCUT2D eigenvalue weighted by Crippen LogP contribution is 2.17. The molecule has 8 heteroatoms. The molecule has 0 radical (unpaired) electrons. The molecule has 1 N–H and O–H groups in total. The molecule has 25 heavy (non-hydrogen) atoms. The maximum Gasteiger partial charge on any atom is 0.323 e. The van der Waals surface area contributed by atoms with Crippen molar-refractivity contribution in [2.45, 2.75) is 40.3 Å². The number of rotatable bonds is 7. The molecule has 0 aliphatic carbocycles. The van der Waals surface area contributed by atoms with Crippen LogP contribution in [0.25, 0.3) is 0 Å². The monoisotopic (exact) mass is 348 g/mol. The molecule has 2 heterocycles. The Bertz CT molecular complexity index is 719. The minimum atomic E-state index is -0.179. The Labute approximate surface area is 148 Å². The molecule has 138 valence electrons. The van der Waals surface area contributed by atoms with E-state index in [1.54, 1.807) is 29.0 Å². The van der Waals surface area contributed by atoms with E-state index in [1.165, 1.54) is 0 Å². The number of ether oxygens (including phenoxy) is 1. The third-order valence-corrected chi connectivity index (χ3v) is 4.25. The fourth-order valence-electron chi connectivity index (χ4n) is 2.70. The van der Waals surface area contributed by atoms with Crippen LogP contribution in [-0.4, -0.2) is 50.8 Å². The molecule has 0 bridgehead atoms. The van der Waals surface area contributed by atoms with Gasteiger partial charge in [-0.2, -0.15) is 10.2 Å². The van der Waals surface area contributed by atoms with Crippen LogP contribution in [0.3, 0.4) is 0 Å². The summed E-state index contributed by atoms with van der Waals surface area (Å²) >= 11 is 0. The van der Waals surface area contributed by atoms with Gasteiger partial charge in [0, 0.05) is 44.1 Å². The fraction of sp³-hybridized carbons (Fsp3) is 0.588. The zero-order valence-corrected chi connectivity index (χ0v) is 15.9. The second-order valence-corrected chi connectivity index (χ2v) is 6.37. The molecule has 0 saturated heterocycles. The maximum absolute atomic E-state index is 12.8. The quantitative estimate of drug-likeness (QED) is 0.834. The summed E-state index contributed by atoms with van der Waals surface area (Å²) in [6, 6.07) is 1.79. The predicted octanol–water partition coefficient (Wildman–Crippen LogP) is 2.49. The van der Waals surface area contributed by atoms with Gasteiger partial charge in [-0.1, -0.05) is 0 Å². The molecule has 0 saturated carbocycles. The molecule has 0 atom stereocenters. The standard InChI is InChI=1S/C17H28N6O2/c1-12(2)23-16(7-8-18-23)19-17(24)22(9-10-25-6)11-15-13(3)20-21(5)14(15)4/h7-8,12H,9-11H2,1-6H3,(H,19,24). The van der Waals surface area contributed by atoms with Crippen molar-refractivity contribution in [2.75, 3.05) is 25.6 Å². The predicted molar refractivity (Wildman–Crippen MR) is 96.6 cm³/mol. The van der Waals surface area contributed by atoms with Crippen molar-refractivity contribution >= 4 is 11.8 Å². The van der Waals surface area contributed by atoms with Gasteiger partial charge in [-0.15, -0.1) is 0 Å². The molecule has 0 spiro atoms. The molecule has 0 fully saturated rings. The van der Waals surface area contributed by atoms with E-state index in [4.69, 9.17) is 4.74 Å². The van der Waals surface area contributed by atoms with Gasteiger partial charge in [-0.05, 0) is 27.7 Å². The average molecular weight is 348 g/mol. The SMILES string of the molecule is COCCN(Cc1c(C)nn(C)c1C)C(=O)Nc1ccnn1C(C)C. The Kier molecular flexibility index (Phi) is 6.19. The van der Waals surface area contributed by atoms with Crippen molar-refractivity contribution in [2.24, 2.45) is 7.05 Å². The second-order valence-electron chi connectivity index (χ2n) is 6.37. The smallest absolute Gasteiger partial charge is 0.323 e. The highest BCUT2D eigenvalue weighted by molar-refractivity contribution is 5.88.